The Labute approximate surface area is 275 Å². The summed E-state index contributed by atoms with van der Waals surface area (Å²) in [5.41, 5.74) is 1.24. The normalized spacial score (nSPS) is 17.4. The Morgan fingerprint density at radius 1 is 1.17 bits per heavy atom. The number of amides is 2. The van der Waals surface area contributed by atoms with Crippen LogP contribution in [0.25, 0.3) is 16.6 Å². The van der Waals surface area contributed by atoms with Crippen LogP contribution in [0, 0.1) is 0 Å². The third-order valence-corrected chi connectivity index (χ3v) is 10.4. The van der Waals surface area contributed by atoms with E-state index < -0.39 is 25.6 Å². The van der Waals surface area contributed by atoms with Crippen molar-refractivity contribution in [3.63, 3.8) is 0 Å². The van der Waals surface area contributed by atoms with Gasteiger partial charge in [0.15, 0.2) is 0 Å². The van der Waals surface area contributed by atoms with Gasteiger partial charge in [0.1, 0.15) is 24.3 Å². The molecule has 1 aliphatic carbocycles. The van der Waals surface area contributed by atoms with E-state index in [2.05, 4.69) is 30.1 Å². The van der Waals surface area contributed by atoms with E-state index in [1.165, 1.54) is 18.6 Å². The van der Waals surface area contributed by atoms with Crippen molar-refractivity contribution in [1.29, 1.82) is 0 Å². The molecule has 4 aromatic rings. The summed E-state index contributed by atoms with van der Waals surface area (Å²) in [6.07, 6.45) is 9.10. The van der Waals surface area contributed by atoms with Crippen molar-refractivity contribution >= 4 is 36.5 Å². The zero-order chi connectivity index (χ0) is 33.9. The van der Waals surface area contributed by atoms with Gasteiger partial charge < -0.3 is 24.8 Å². The Hall–Kier alpha value is -4.27. The second kappa shape index (κ2) is 14.2. The van der Waals surface area contributed by atoms with E-state index in [0.29, 0.717) is 23.6 Å². The van der Waals surface area contributed by atoms with Crippen LogP contribution in [0.4, 0.5) is 5.69 Å². The maximum atomic E-state index is 13.5. The average molecular weight is 664 g/mol. The quantitative estimate of drug-likeness (QED) is 0.169. The van der Waals surface area contributed by atoms with Crippen molar-refractivity contribution in [2.24, 2.45) is 0 Å². The molecule has 13 nitrogen and oxygen atoms in total. The van der Waals surface area contributed by atoms with Crippen LogP contribution < -0.4 is 15.6 Å². The minimum atomic E-state index is -1.19. The van der Waals surface area contributed by atoms with Crippen molar-refractivity contribution in [2.45, 2.75) is 83.2 Å². The summed E-state index contributed by atoms with van der Waals surface area (Å²) in [6.45, 7) is 9.33. The van der Waals surface area contributed by atoms with Crippen LogP contribution >= 0.6 is 0 Å². The van der Waals surface area contributed by atoms with Gasteiger partial charge in [-0.05, 0) is 56.9 Å². The number of hydrogen-bond acceptors (Lipinski definition) is 8. The smallest absolute Gasteiger partial charge is 0.278 e. The first-order chi connectivity index (χ1) is 22.3. The second-order valence-corrected chi connectivity index (χ2v) is 19.1. The molecule has 1 aliphatic rings. The second-order valence-electron chi connectivity index (χ2n) is 13.4. The molecule has 0 spiro atoms. The molecule has 2 amide bonds. The zero-order valence-corrected chi connectivity index (χ0v) is 29.0. The maximum absolute atomic E-state index is 13.5. The van der Waals surface area contributed by atoms with Gasteiger partial charge >= 0.3 is 0 Å². The Bertz CT molecular complexity index is 1780. The fourth-order valence-corrected chi connectivity index (χ4v) is 6.61. The van der Waals surface area contributed by atoms with Crippen LogP contribution in [0.2, 0.25) is 25.7 Å². The summed E-state index contributed by atoms with van der Waals surface area (Å²) < 4.78 is 16.3. The number of aliphatic hydroxyl groups is 1. The topological polar surface area (TPSA) is 146 Å². The Balaban J connectivity index is 1.28. The van der Waals surface area contributed by atoms with Gasteiger partial charge in [-0.2, -0.15) is 10.2 Å². The van der Waals surface area contributed by atoms with Gasteiger partial charge in [-0.25, -0.2) is 4.68 Å². The molecule has 1 fully saturated rings. The molecule has 3 aromatic heterocycles. The molecular formula is C33H45N7O6Si. The lowest BCUT2D eigenvalue weighted by atomic mass is 9.90. The number of hydrogen-bond donors (Lipinski definition) is 2. The van der Waals surface area contributed by atoms with Gasteiger partial charge in [-0.1, -0.05) is 19.6 Å². The highest BCUT2D eigenvalue weighted by Crippen LogP contribution is 2.33. The van der Waals surface area contributed by atoms with Gasteiger partial charge in [-0.15, -0.1) is 0 Å². The molecule has 3 heterocycles. The lowest BCUT2D eigenvalue weighted by Crippen LogP contribution is -2.43. The molecule has 0 bridgehead atoms. The van der Waals surface area contributed by atoms with E-state index >= 15 is 0 Å². The monoisotopic (exact) mass is 663 g/mol. The molecule has 2 N–H and O–H groups in total. The largest absolute Gasteiger partial charge is 0.496 e. The predicted molar refractivity (Wildman–Crippen MR) is 182 cm³/mol. The summed E-state index contributed by atoms with van der Waals surface area (Å²) in [5.74, 6) is -0.409. The number of fused-ring (bicyclic) bond motifs is 1. The van der Waals surface area contributed by atoms with Gasteiger partial charge in [-0.3, -0.25) is 23.6 Å². The maximum Gasteiger partial charge on any atom is 0.278 e. The van der Waals surface area contributed by atoms with Crippen LogP contribution in [-0.2, 0) is 16.3 Å². The Morgan fingerprint density at radius 3 is 2.60 bits per heavy atom. The summed E-state index contributed by atoms with van der Waals surface area (Å²) in [4.78, 5) is 40.8. The molecule has 47 heavy (non-hydrogen) atoms. The lowest BCUT2D eigenvalue weighted by Gasteiger charge is -2.35. The van der Waals surface area contributed by atoms with E-state index in [0.717, 1.165) is 37.1 Å². The third-order valence-electron chi connectivity index (χ3n) is 8.69. The van der Waals surface area contributed by atoms with E-state index in [1.807, 2.05) is 10.9 Å². The standard InChI is InChI=1S/C33H45N7O6Si/c1-22(41)32(43)37(2)24-9-11-25(12-10-24)40-19-23-16-27(30(45-3)17-29(23)36-40)31(42)35-28-8-7-13-39(33(28)44)26-18-34-38(20-26)21-46-14-15-47(4,5)6/h7-8,13,16-20,22,24-25,41H,9-12,14-15,21H2,1-6H3,(H,35,42)/t22-,24-,25-/m1/s1. The minimum Gasteiger partial charge on any atom is -0.496 e. The predicted octanol–water partition coefficient (Wildman–Crippen LogP) is 4.28. The number of rotatable bonds is 12. The molecule has 1 atom stereocenters. The van der Waals surface area contributed by atoms with Crippen molar-refractivity contribution in [3.8, 4) is 11.4 Å². The molecule has 0 radical (unpaired) electrons. The fraction of sp³-hybridized carbons (Fsp3) is 0.485. The van der Waals surface area contributed by atoms with Crippen LogP contribution in [0.3, 0.4) is 0 Å². The lowest BCUT2D eigenvalue weighted by molar-refractivity contribution is -0.140. The highest BCUT2D eigenvalue weighted by molar-refractivity contribution is 6.76. The number of benzene rings is 1. The zero-order valence-electron chi connectivity index (χ0n) is 28.0. The molecule has 14 heteroatoms. The molecule has 252 valence electrons. The number of likely N-dealkylation sites (N-methyl/N-ethyl adjacent to an activating group) is 1. The highest BCUT2D eigenvalue weighted by Gasteiger charge is 2.29. The number of anilines is 1. The van der Waals surface area contributed by atoms with Crippen molar-refractivity contribution in [2.75, 3.05) is 26.1 Å². The number of carbonyl (C=O) groups is 2. The number of pyridine rings is 1. The number of nitrogens with one attached hydrogen (secondary N) is 1. The van der Waals surface area contributed by atoms with Gasteiger partial charge in [0.2, 0.25) is 0 Å². The number of methoxy groups -OCH3 is 1. The summed E-state index contributed by atoms with van der Waals surface area (Å²) >= 11 is 0. The highest BCUT2D eigenvalue weighted by atomic mass is 28.3. The summed E-state index contributed by atoms with van der Waals surface area (Å²) in [6, 6.07) is 7.97. The van der Waals surface area contributed by atoms with Crippen molar-refractivity contribution in [1.82, 2.24) is 29.0 Å². The van der Waals surface area contributed by atoms with Gasteiger partial charge in [0, 0.05) is 51.6 Å². The number of nitrogens with zero attached hydrogens (tertiary/aromatic N) is 6. The molecule has 5 rings (SSSR count). The first kappa shape index (κ1) is 34.1. The summed E-state index contributed by atoms with van der Waals surface area (Å²) in [7, 11) is 2.04. The number of carbonyl (C=O) groups excluding carboxylic acids is 2. The van der Waals surface area contributed by atoms with Crippen LogP contribution in [0.5, 0.6) is 5.75 Å². The molecule has 0 saturated heterocycles. The first-order valence-electron chi connectivity index (χ1n) is 16.0. The molecular weight excluding hydrogens is 618 g/mol. The van der Waals surface area contributed by atoms with Gasteiger partial charge in [0.25, 0.3) is 17.4 Å². The molecule has 1 saturated carbocycles. The molecule has 0 unspecified atom stereocenters. The van der Waals surface area contributed by atoms with E-state index in [4.69, 9.17) is 14.6 Å². The Morgan fingerprint density at radius 2 is 1.91 bits per heavy atom. The number of ether oxygens (including phenoxy) is 2. The van der Waals surface area contributed by atoms with E-state index in [1.54, 1.807) is 59.5 Å². The number of aliphatic hydroxyl groups excluding tert-OH is 1. The fourth-order valence-electron chi connectivity index (χ4n) is 5.86. The Kier molecular flexibility index (Phi) is 10.3. The van der Waals surface area contributed by atoms with E-state index in [9.17, 15) is 19.5 Å². The minimum absolute atomic E-state index is 0.0751. The van der Waals surface area contributed by atoms with E-state index in [-0.39, 0.29) is 36.0 Å². The summed E-state index contributed by atoms with van der Waals surface area (Å²) in [5, 5.41) is 22.3. The van der Waals surface area contributed by atoms with Crippen molar-refractivity contribution < 1.29 is 24.2 Å². The average Bonchev–Trinajstić information content (AvgIpc) is 3.69. The van der Waals surface area contributed by atoms with Crippen LogP contribution in [-0.4, -0.2) is 86.9 Å². The van der Waals surface area contributed by atoms with Gasteiger partial charge in [0.05, 0.1) is 42.3 Å². The SMILES string of the molecule is COc1cc2nn([C@H]3CC[C@H](N(C)C(=O)[C@@H](C)O)CC3)cc2cc1C(=O)Nc1cccn(-c2cnn(COCC[Si](C)(C)C)c2)c1=O. The molecule has 1 aromatic carbocycles. The van der Waals surface area contributed by atoms with Crippen LogP contribution in [0.15, 0.2) is 53.8 Å². The first-order valence-corrected chi connectivity index (χ1v) is 19.7. The molecule has 0 aliphatic heterocycles. The van der Waals surface area contributed by atoms with Crippen LogP contribution in [0.1, 0.15) is 49.0 Å². The third kappa shape index (κ3) is 8.00. The number of aromatic nitrogens is 5. The van der Waals surface area contributed by atoms with Crippen molar-refractivity contribution in [3.05, 3.63) is 65.0 Å².